The lowest BCUT2D eigenvalue weighted by atomic mass is 9.77. The zero-order valence-electron chi connectivity index (χ0n) is 11.0. The number of aliphatic carboxylic acids is 1. The molecular weight excluding hydrogens is 266 g/mol. The van der Waals surface area contributed by atoms with Crippen molar-refractivity contribution < 1.29 is 24.0 Å². The smallest absolute Gasteiger partial charge is 0.480 e. The van der Waals surface area contributed by atoms with E-state index < -0.39 is 24.9 Å². The highest BCUT2D eigenvalue weighted by molar-refractivity contribution is 6.62. The second-order valence-electron chi connectivity index (χ2n) is 4.81. The van der Waals surface area contributed by atoms with Crippen LogP contribution in [0.15, 0.2) is 12.1 Å². The molecule has 0 saturated heterocycles. The van der Waals surface area contributed by atoms with Crippen molar-refractivity contribution in [2.45, 2.75) is 12.5 Å². The number of anilines is 1. The SMILES string of the molecule is CN1CCOB(O)c2cc(C[C@H](N)C(=O)O)cc(F)c21. The van der Waals surface area contributed by atoms with Gasteiger partial charge < -0.3 is 25.4 Å². The summed E-state index contributed by atoms with van der Waals surface area (Å²) in [5.41, 5.74) is 6.41. The molecule has 8 heteroatoms. The van der Waals surface area contributed by atoms with E-state index in [1.165, 1.54) is 12.1 Å². The van der Waals surface area contributed by atoms with Crippen molar-refractivity contribution in [2.75, 3.05) is 25.1 Å². The average Bonchev–Trinajstić information content (AvgIpc) is 2.50. The molecule has 108 valence electrons. The number of fused-ring (bicyclic) bond motifs is 1. The minimum Gasteiger partial charge on any atom is -0.480 e. The van der Waals surface area contributed by atoms with E-state index in [0.29, 0.717) is 12.1 Å². The number of halogens is 1. The maximum Gasteiger partial charge on any atom is 0.493 e. The van der Waals surface area contributed by atoms with E-state index >= 15 is 0 Å². The molecule has 0 amide bonds. The zero-order chi connectivity index (χ0) is 14.9. The third-order valence-corrected chi connectivity index (χ3v) is 3.28. The zero-order valence-corrected chi connectivity index (χ0v) is 11.0. The minimum absolute atomic E-state index is 0.0179. The molecule has 0 aliphatic carbocycles. The summed E-state index contributed by atoms with van der Waals surface area (Å²) in [5, 5.41) is 18.7. The monoisotopic (exact) mass is 282 g/mol. The van der Waals surface area contributed by atoms with Gasteiger partial charge in [-0.1, -0.05) is 6.07 Å². The fourth-order valence-electron chi connectivity index (χ4n) is 2.23. The van der Waals surface area contributed by atoms with Crippen LogP contribution >= 0.6 is 0 Å². The van der Waals surface area contributed by atoms with Crippen molar-refractivity contribution in [3.8, 4) is 0 Å². The Balaban J connectivity index is 2.40. The van der Waals surface area contributed by atoms with Crippen LogP contribution in [0.25, 0.3) is 0 Å². The van der Waals surface area contributed by atoms with E-state index in [9.17, 15) is 14.2 Å². The molecule has 1 heterocycles. The van der Waals surface area contributed by atoms with Crippen LogP contribution in [0, 0.1) is 5.82 Å². The molecule has 6 nitrogen and oxygen atoms in total. The van der Waals surface area contributed by atoms with Crippen molar-refractivity contribution >= 4 is 24.2 Å². The number of hydrogen-bond acceptors (Lipinski definition) is 5. The Labute approximate surface area is 116 Å². The number of carboxylic acids is 1. The van der Waals surface area contributed by atoms with Gasteiger partial charge in [-0.3, -0.25) is 4.79 Å². The highest BCUT2D eigenvalue weighted by Gasteiger charge is 2.29. The first-order valence-corrected chi connectivity index (χ1v) is 6.21. The Morgan fingerprint density at radius 2 is 2.35 bits per heavy atom. The highest BCUT2D eigenvalue weighted by Crippen LogP contribution is 2.20. The van der Waals surface area contributed by atoms with Gasteiger partial charge in [-0.2, -0.15) is 0 Å². The molecule has 0 radical (unpaired) electrons. The maximum absolute atomic E-state index is 14.2. The van der Waals surface area contributed by atoms with Gasteiger partial charge in [-0.25, -0.2) is 4.39 Å². The molecule has 20 heavy (non-hydrogen) atoms. The molecule has 1 aromatic carbocycles. The van der Waals surface area contributed by atoms with E-state index in [4.69, 9.17) is 15.5 Å². The van der Waals surface area contributed by atoms with Gasteiger partial charge in [0.2, 0.25) is 0 Å². The topological polar surface area (TPSA) is 96.0 Å². The number of carbonyl (C=O) groups is 1. The summed E-state index contributed by atoms with van der Waals surface area (Å²) in [6.07, 6.45) is -0.0179. The van der Waals surface area contributed by atoms with Crippen molar-refractivity contribution in [3.63, 3.8) is 0 Å². The van der Waals surface area contributed by atoms with Crippen LogP contribution in [0.2, 0.25) is 0 Å². The first kappa shape index (κ1) is 14.8. The van der Waals surface area contributed by atoms with Crippen LogP contribution in [-0.4, -0.2) is 49.5 Å². The lowest BCUT2D eigenvalue weighted by molar-refractivity contribution is -0.138. The number of rotatable bonds is 3. The summed E-state index contributed by atoms with van der Waals surface area (Å²) >= 11 is 0. The summed E-state index contributed by atoms with van der Waals surface area (Å²) in [7, 11) is 0.469. The van der Waals surface area contributed by atoms with Crippen molar-refractivity contribution in [3.05, 3.63) is 23.5 Å². The third kappa shape index (κ3) is 2.92. The lowest BCUT2D eigenvalue weighted by Gasteiger charge is -2.20. The predicted octanol–water partition coefficient (Wildman–Crippen LogP) is -1.07. The summed E-state index contributed by atoms with van der Waals surface area (Å²) < 4.78 is 19.4. The molecule has 0 bridgehead atoms. The summed E-state index contributed by atoms with van der Waals surface area (Å²) in [5.74, 6) is -1.68. The largest absolute Gasteiger partial charge is 0.493 e. The van der Waals surface area contributed by atoms with E-state index in [-0.39, 0.29) is 24.2 Å². The maximum atomic E-state index is 14.2. The fourth-order valence-corrected chi connectivity index (χ4v) is 2.23. The molecule has 1 aliphatic rings. The predicted molar refractivity (Wildman–Crippen MR) is 72.5 cm³/mol. The molecule has 2 rings (SSSR count). The Hall–Kier alpha value is -1.64. The van der Waals surface area contributed by atoms with Crippen molar-refractivity contribution in [1.29, 1.82) is 0 Å². The molecule has 1 aliphatic heterocycles. The van der Waals surface area contributed by atoms with E-state index in [1.807, 2.05) is 0 Å². The average molecular weight is 282 g/mol. The number of carboxylic acid groups (broad SMARTS) is 1. The van der Waals surface area contributed by atoms with Gasteiger partial charge in [0.15, 0.2) is 0 Å². The Morgan fingerprint density at radius 1 is 1.65 bits per heavy atom. The first-order chi connectivity index (χ1) is 9.40. The molecule has 0 aromatic heterocycles. The van der Waals surface area contributed by atoms with Crippen LogP contribution in [-0.2, 0) is 15.9 Å². The van der Waals surface area contributed by atoms with E-state index in [1.54, 1.807) is 11.9 Å². The first-order valence-electron chi connectivity index (χ1n) is 6.21. The van der Waals surface area contributed by atoms with Gasteiger partial charge in [-0.05, 0) is 18.1 Å². The normalized spacial score (nSPS) is 16.6. The van der Waals surface area contributed by atoms with Gasteiger partial charge in [0.1, 0.15) is 11.9 Å². The lowest BCUT2D eigenvalue weighted by Crippen LogP contribution is -2.37. The Bertz CT molecular complexity index is 528. The van der Waals surface area contributed by atoms with E-state index in [2.05, 4.69) is 0 Å². The Morgan fingerprint density at radius 3 is 3.00 bits per heavy atom. The van der Waals surface area contributed by atoms with Crippen LogP contribution in [0.4, 0.5) is 10.1 Å². The number of likely N-dealkylation sites (N-methyl/N-ethyl adjacent to an activating group) is 1. The number of benzene rings is 1. The molecule has 0 unspecified atom stereocenters. The molecule has 0 fully saturated rings. The van der Waals surface area contributed by atoms with E-state index in [0.717, 1.165) is 0 Å². The quantitative estimate of drug-likeness (QED) is 0.611. The van der Waals surface area contributed by atoms with Crippen molar-refractivity contribution in [2.24, 2.45) is 5.73 Å². The second-order valence-corrected chi connectivity index (χ2v) is 4.81. The molecule has 0 saturated carbocycles. The van der Waals surface area contributed by atoms with Gasteiger partial charge in [0.05, 0.1) is 5.69 Å². The van der Waals surface area contributed by atoms with Gasteiger partial charge in [-0.15, -0.1) is 0 Å². The molecular formula is C12H16BFN2O4. The number of hydrogen-bond donors (Lipinski definition) is 3. The molecule has 1 atom stereocenters. The van der Waals surface area contributed by atoms with Gasteiger partial charge in [0.25, 0.3) is 0 Å². The summed E-state index contributed by atoms with van der Waals surface area (Å²) in [6, 6.07) is 1.66. The highest BCUT2D eigenvalue weighted by atomic mass is 19.1. The van der Waals surface area contributed by atoms with Gasteiger partial charge in [0, 0.05) is 25.7 Å². The van der Waals surface area contributed by atoms with Crippen LogP contribution in [0.1, 0.15) is 5.56 Å². The molecule has 4 N–H and O–H groups in total. The number of nitrogens with zero attached hydrogens (tertiary/aromatic N) is 1. The fraction of sp³-hybridized carbons (Fsp3) is 0.417. The molecule has 0 spiro atoms. The third-order valence-electron chi connectivity index (χ3n) is 3.28. The van der Waals surface area contributed by atoms with Crippen molar-refractivity contribution in [1.82, 2.24) is 0 Å². The van der Waals surface area contributed by atoms with Crippen LogP contribution in [0.3, 0.4) is 0 Å². The summed E-state index contributed by atoms with van der Waals surface area (Å²) in [6.45, 7) is 0.727. The number of nitrogens with two attached hydrogens (primary N) is 1. The standard InChI is InChI=1S/C12H16BFN2O4/c1-16-2-3-20-13(19)8-4-7(5-9(14)11(8)16)6-10(15)12(17)18/h4-5,10,19H,2-3,6,15H2,1H3,(H,17,18)/t10-/m0/s1. The minimum atomic E-state index is -1.23. The summed E-state index contributed by atoms with van der Waals surface area (Å²) in [4.78, 5) is 12.4. The second kappa shape index (κ2) is 5.78. The van der Waals surface area contributed by atoms with Crippen LogP contribution in [0.5, 0.6) is 0 Å². The molecule has 1 aromatic rings. The Kier molecular flexibility index (Phi) is 4.27. The van der Waals surface area contributed by atoms with Crippen LogP contribution < -0.4 is 16.1 Å². The van der Waals surface area contributed by atoms with Gasteiger partial charge >= 0.3 is 13.1 Å².